The van der Waals surface area contributed by atoms with Crippen LogP contribution in [0.25, 0.3) is 0 Å². The fourth-order valence-electron chi connectivity index (χ4n) is 4.27. The van der Waals surface area contributed by atoms with Crippen molar-refractivity contribution in [2.24, 2.45) is 0 Å². The van der Waals surface area contributed by atoms with Gasteiger partial charge < -0.3 is 4.90 Å². The first-order chi connectivity index (χ1) is 16.0. The lowest BCUT2D eigenvalue weighted by Crippen LogP contribution is -2.33. The zero-order valence-electron chi connectivity index (χ0n) is 20.7. The number of hydrogen-bond acceptors (Lipinski definition) is 4. The van der Waals surface area contributed by atoms with Crippen molar-refractivity contribution in [3.8, 4) is 0 Å². The average molecular weight is 470 g/mol. The number of anilines is 1. The van der Waals surface area contributed by atoms with Gasteiger partial charge >= 0.3 is 6.03 Å². The van der Waals surface area contributed by atoms with E-state index < -0.39 is 0 Å². The fraction of sp³-hybridized carbons (Fsp3) is 0.556. The maximum absolute atomic E-state index is 13.1. The second-order valence-corrected chi connectivity index (χ2v) is 9.83. The number of unbranched alkanes of at least 4 members (excludes halogenated alkanes) is 4. The van der Waals surface area contributed by atoms with Gasteiger partial charge in [0.15, 0.2) is 0 Å². The van der Waals surface area contributed by atoms with Crippen molar-refractivity contribution >= 4 is 29.4 Å². The van der Waals surface area contributed by atoms with E-state index in [-0.39, 0.29) is 11.9 Å². The highest BCUT2D eigenvalue weighted by Gasteiger charge is 2.39. The summed E-state index contributed by atoms with van der Waals surface area (Å²) in [6.45, 7) is 10.5. The maximum Gasteiger partial charge on any atom is 0.331 e. The summed E-state index contributed by atoms with van der Waals surface area (Å²) in [7, 11) is 0. The lowest BCUT2D eigenvalue weighted by atomic mass is 10.1. The van der Waals surface area contributed by atoms with Crippen LogP contribution in [-0.2, 0) is 11.2 Å². The van der Waals surface area contributed by atoms with Gasteiger partial charge in [0.2, 0.25) is 0 Å². The number of allylic oxidation sites excluding steroid dienone is 2. The molecule has 0 atom stereocenters. The van der Waals surface area contributed by atoms with E-state index in [1.807, 2.05) is 19.1 Å². The number of aryl methyl sites for hydroxylation is 1. The molecular weight excluding hydrogens is 430 g/mol. The molecule has 33 heavy (non-hydrogen) atoms. The molecule has 1 aromatic rings. The van der Waals surface area contributed by atoms with Gasteiger partial charge in [0.25, 0.3) is 5.91 Å². The molecule has 1 aromatic carbocycles. The second-order valence-electron chi connectivity index (χ2n) is 8.77. The molecule has 6 heteroatoms. The first-order valence-corrected chi connectivity index (χ1v) is 13.5. The summed E-state index contributed by atoms with van der Waals surface area (Å²) < 4.78 is 0. The van der Waals surface area contributed by atoms with Gasteiger partial charge in [-0.15, -0.1) is 0 Å². The van der Waals surface area contributed by atoms with Crippen LogP contribution >= 0.6 is 11.8 Å². The van der Waals surface area contributed by atoms with Crippen LogP contribution in [0.4, 0.5) is 10.5 Å². The summed E-state index contributed by atoms with van der Waals surface area (Å²) >= 11 is 1.77. The van der Waals surface area contributed by atoms with Crippen molar-refractivity contribution < 1.29 is 9.59 Å². The van der Waals surface area contributed by atoms with E-state index in [0.29, 0.717) is 18.8 Å². The van der Waals surface area contributed by atoms with Gasteiger partial charge in [0.05, 0.1) is 10.7 Å². The molecule has 180 valence electrons. The molecule has 2 heterocycles. The third-order valence-corrected chi connectivity index (χ3v) is 7.33. The van der Waals surface area contributed by atoms with Gasteiger partial charge in [-0.1, -0.05) is 71.2 Å². The quantitative estimate of drug-likeness (QED) is 0.189. The van der Waals surface area contributed by atoms with Gasteiger partial charge in [0, 0.05) is 24.5 Å². The van der Waals surface area contributed by atoms with Crippen molar-refractivity contribution in [3.63, 3.8) is 0 Å². The third kappa shape index (κ3) is 5.84. The van der Waals surface area contributed by atoms with Crippen molar-refractivity contribution in [3.05, 3.63) is 46.6 Å². The van der Waals surface area contributed by atoms with Crippen LogP contribution in [0.2, 0.25) is 0 Å². The topological polar surface area (TPSA) is 43.9 Å². The number of benzene rings is 1. The summed E-state index contributed by atoms with van der Waals surface area (Å²) in [6, 6.07) is 6.56. The molecule has 2 aliphatic rings. The Labute approximate surface area is 203 Å². The van der Waals surface area contributed by atoms with Crippen LogP contribution in [0.1, 0.15) is 78.2 Å². The number of thioether (sulfide) groups is 1. The minimum Gasteiger partial charge on any atom is -0.335 e. The van der Waals surface area contributed by atoms with Gasteiger partial charge in [-0.05, 0) is 55.5 Å². The van der Waals surface area contributed by atoms with E-state index in [0.717, 1.165) is 43.7 Å². The highest BCUT2D eigenvalue weighted by atomic mass is 32.2. The number of urea groups is 1. The molecule has 0 N–H and O–H groups in total. The van der Waals surface area contributed by atoms with Crippen LogP contribution in [0.5, 0.6) is 0 Å². The van der Waals surface area contributed by atoms with Crippen LogP contribution in [-0.4, -0.2) is 41.4 Å². The summed E-state index contributed by atoms with van der Waals surface area (Å²) in [6.07, 6.45) is 12.4. The monoisotopic (exact) mass is 469 g/mol. The zero-order chi connectivity index (χ0) is 23.8. The predicted octanol–water partition coefficient (Wildman–Crippen LogP) is 6.94. The molecule has 5 nitrogen and oxygen atoms in total. The smallest absolute Gasteiger partial charge is 0.331 e. The van der Waals surface area contributed by atoms with Crippen molar-refractivity contribution in [2.45, 2.75) is 84.0 Å². The van der Waals surface area contributed by atoms with Gasteiger partial charge in [-0.3, -0.25) is 14.6 Å². The Bertz CT molecular complexity index is 909. The second kappa shape index (κ2) is 12.3. The molecule has 0 spiro atoms. The van der Waals surface area contributed by atoms with Gasteiger partial charge in [-0.2, -0.15) is 0 Å². The molecular formula is C27H39N3O2S. The molecule has 0 aliphatic carbocycles. The minimum absolute atomic E-state index is 0.168. The van der Waals surface area contributed by atoms with E-state index in [4.69, 9.17) is 0 Å². The summed E-state index contributed by atoms with van der Waals surface area (Å²) in [5.41, 5.74) is 3.10. The Kier molecular flexibility index (Phi) is 9.48. The number of imide groups is 1. The van der Waals surface area contributed by atoms with Crippen molar-refractivity contribution in [2.75, 3.05) is 24.5 Å². The number of carbonyl (C=O) groups excluding carboxylic acids is 2. The Morgan fingerprint density at radius 1 is 0.788 bits per heavy atom. The fourth-order valence-corrected chi connectivity index (χ4v) is 5.43. The zero-order valence-corrected chi connectivity index (χ0v) is 21.5. The normalized spacial score (nSPS) is 18.4. The first-order valence-electron chi connectivity index (χ1n) is 12.7. The highest BCUT2D eigenvalue weighted by molar-refractivity contribution is 8.03. The largest absolute Gasteiger partial charge is 0.335 e. The molecule has 3 amide bonds. The van der Waals surface area contributed by atoms with E-state index in [1.165, 1.54) is 40.3 Å². The van der Waals surface area contributed by atoms with E-state index >= 15 is 0 Å². The van der Waals surface area contributed by atoms with E-state index in [1.54, 1.807) is 16.7 Å². The van der Waals surface area contributed by atoms with Crippen LogP contribution in [0.15, 0.2) is 46.0 Å². The molecule has 0 radical (unpaired) electrons. The number of fused-ring (bicyclic) bond motifs is 1. The maximum atomic E-state index is 13.1. The van der Waals surface area contributed by atoms with Crippen molar-refractivity contribution in [1.82, 2.24) is 9.80 Å². The number of rotatable bonds is 12. The first kappa shape index (κ1) is 25.4. The highest BCUT2D eigenvalue weighted by Crippen LogP contribution is 2.46. The number of nitrogens with zero attached hydrogens (tertiary/aromatic N) is 3. The molecule has 0 saturated carbocycles. The molecule has 0 unspecified atom stereocenters. The summed E-state index contributed by atoms with van der Waals surface area (Å²) in [5.74, 6) is -0.168. The molecule has 3 rings (SSSR count). The summed E-state index contributed by atoms with van der Waals surface area (Å²) in [5, 5.41) is 1.13. The van der Waals surface area contributed by atoms with Crippen LogP contribution in [0.3, 0.4) is 0 Å². The molecule has 0 aromatic heterocycles. The van der Waals surface area contributed by atoms with Crippen LogP contribution < -0.4 is 4.90 Å². The number of hydrogen-bond donors (Lipinski definition) is 0. The molecule has 0 bridgehead atoms. The molecule has 2 aliphatic heterocycles. The number of amides is 3. The lowest BCUT2D eigenvalue weighted by Gasteiger charge is -2.20. The summed E-state index contributed by atoms with van der Waals surface area (Å²) in [4.78, 5) is 32.7. The Balaban J connectivity index is 1.90. The SMILES string of the molecule is CCCCCCN1C(=CC=C2C(=O)N(CCC)C(=O)N2CCCC)Sc2cc(CC)ccc21. The van der Waals surface area contributed by atoms with Gasteiger partial charge in [0.1, 0.15) is 5.70 Å². The Hall–Kier alpha value is -2.21. The minimum atomic E-state index is -0.175. The Morgan fingerprint density at radius 2 is 1.55 bits per heavy atom. The third-order valence-electron chi connectivity index (χ3n) is 6.22. The molecule has 1 saturated heterocycles. The predicted molar refractivity (Wildman–Crippen MR) is 138 cm³/mol. The molecule has 1 fully saturated rings. The number of carbonyl (C=O) groups is 2. The van der Waals surface area contributed by atoms with Crippen LogP contribution in [0, 0.1) is 0 Å². The standard InChI is InChI=1S/C27H39N3O2S/c1-5-9-11-12-19-28-22-14-13-21(8-4)20-24(22)33-25(28)16-15-23-26(31)30(17-7-3)27(32)29(23)18-10-6-2/h13-16,20H,5-12,17-19H2,1-4H3. The van der Waals surface area contributed by atoms with Gasteiger partial charge in [-0.25, -0.2) is 4.79 Å². The average Bonchev–Trinajstić information content (AvgIpc) is 3.28. The Morgan fingerprint density at radius 3 is 2.24 bits per heavy atom. The lowest BCUT2D eigenvalue weighted by molar-refractivity contribution is -0.123. The van der Waals surface area contributed by atoms with E-state index in [9.17, 15) is 9.59 Å². The van der Waals surface area contributed by atoms with E-state index in [2.05, 4.69) is 43.9 Å². The van der Waals surface area contributed by atoms with Crippen molar-refractivity contribution in [1.29, 1.82) is 0 Å².